The number of carbonyl (C=O) groups excluding carboxylic acids is 6. The van der Waals surface area contributed by atoms with Crippen LogP contribution in [0.25, 0.3) is 0 Å². The van der Waals surface area contributed by atoms with Crippen LogP contribution in [0.5, 0.6) is 34.5 Å². The molecule has 12 heteroatoms. The Morgan fingerprint density at radius 2 is 0.513 bits per heavy atom. The van der Waals surface area contributed by atoms with Gasteiger partial charge in [-0.1, -0.05) is 91.0 Å². The number of allylic oxidation sites excluding steroid dienone is 12. The normalized spacial score (nSPS) is 15.6. The largest absolute Gasteiger partial charge is 0.496 e. The van der Waals surface area contributed by atoms with Crippen LogP contribution in [-0.4, -0.2) is 56.0 Å². The molecule has 0 N–H and O–H groups in total. The topological polar surface area (TPSA) is 158 Å². The van der Waals surface area contributed by atoms with E-state index in [4.69, 9.17) is 28.4 Å². The van der Waals surface area contributed by atoms with Crippen molar-refractivity contribution in [1.82, 2.24) is 0 Å². The summed E-state index contributed by atoms with van der Waals surface area (Å²) in [6, 6.07) is 39.3. The van der Waals surface area contributed by atoms with Crippen molar-refractivity contribution in [1.29, 1.82) is 0 Å². The number of carbonyl (C=O) groups is 6. The lowest BCUT2D eigenvalue weighted by atomic mass is 9.84. The molecule has 78 heavy (non-hydrogen) atoms. The Balaban J connectivity index is 1.11. The molecule has 6 aromatic rings. The zero-order valence-corrected chi connectivity index (χ0v) is 43.4. The number of rotatable bonds is 12. The summed E-state index contributed by atoms with van der Waals surface area (Å²) >= 11 is 0. The molecule has 10 rings (SSSR count). The fourth-order valence-corrected chi connectivity index (χ4v) is 10.4. The van der Waals surface area contributed by atoms with E-state index in [1.165, 1.54) is 57.8 Å². The summed E-state index contributed by atoms with van der Waals surface area (Å²) in [5.74, 6) is -0.150. The van der Waals surface area contributed by atoms with Crippen LogP contribution >= 0.6 is 0 Å². The molecule has 0 radical (unpaired) electrons. The molecule has 4 aliphatic carbocycles. The third-order valence-electron chi connectivity index (χ3n) is 13.9. The second-order valence-corrected chi connectivity index (χ2v) is 19.4. The van der Waals surface area contributed by atoms with Crippen LogP contribution in [0, 0.1) is 0 Å². The van der Waals surface area contributed by atoms with Gasteiger partial charge < -0.3 is 28.4 Å². The summed E-state index contributed by atoms with van der Waals surface area (Å²) in [7, 11) is 4.46. The second kappa shape index (κ2) is 23.2. The predicted octanol–water partition coefficient (Wildman–Crippen LogP) is 10.1. The minimum Gasteiger partial charge on any atom is -0.496 e. The third kappa shape index (κ3) is 11.8. The van der Waals surface area contributed by atoms with E-state index in [1.54, 1.807) is 36.4 Å². The van der Waals surface area contributed by atoms with Gasteiger partial charge in [-0.3, -0.25) is 28.8 Å². The number of methoxy groups -OCH3 is 3. The van der Waals surface area contributed by atoms with Crippen LogP contribution < -0.4 is 28.4 Å². The van der Waals surface area contributed by atoms with E-state index in [9.17, 15) is 28.8 Å². The van der Waals surface area contributed by atoms with Crippen LogP contribution in [-0.2, 0) is 87.1 Å². The quantitative estimate of drug-likeness (QED) is 0.107. The van der Waals surface area contributed by atoms with Crippen molar-refractivity contribution in [3.63, 3.8) is 0 Å². The molecule has 0 heterocycles. The molecule has 4 aliphatic rings. The van der Waals surface area contributed by atoms with Crippen molar-refractivity contribution >= 4 is 34.7 Å². The lowest BCUT2D eigenvalue weighted by Crippen LogP contribution is -2.20. The van der Waals surface area contributed by atoms with Crippen LogP contribution in [0.3, 0.4) is 0 Å². The van der Waals surface area contributed by atoms with Gasteiger partial charge in [0, 0.05) is 105 Å². The van der Waals surface area contributed by atoms with Gasteiger partial charge in [0.25, 0.3) is 0 Å². The lowest BCUT2D eigenvalue weighted by molar-refractivity contribution is -0.115. The average Bonchev–Trinajstić information content (AvgIpc) is 3.54. The maximum absolute atomic E-state index is 14.8. The highest BCUT2D eigenvalue weighted by molar-refractivity contribution is 6.22. The smallest absolute Gasteiger partial charge is 0.185 e. The zero-order valence-electron chi connectivity index (χ0n) is 43.4. The van der Waals surface area contributed by atoms with Gasteiger partial charge in [-0.15, -0.1) is 0 Å². The number of fused-ring (bicyclic) bond motifs is 12. The third-order valence-corrected chi connectivity index (χ3v) is 13.9. The molecule has 0 spiro atoms. The molecular weight excluding hydrogens is 985 g/mol. The van der Waals surface area contributed by atoms with Gasteiger partial charge in [0.15, 0.2) is 34.7 Å². The van der Waals surface area contributed by atoms with Crippen molar-refractivity contribution in [3.8, 4) is 34.5 Å². The minimum atomic E-state index is -0.407. The summed E-state index contributed by atoms with van der Waals surface area (Å²) in [6.45, 7) is 0.586. The lowest BCUT2D eigenvalue weighted by Gasteiger charge is -2.23. The summed E-state index contributed by atoms with van der Waals surface area (Å²) in [5.41, 5.74) is 6.79. The van der Waals surface area contributed by atoms with Gasteiger partial charge in [-0.2, -0.15) is 0 Å². The van der Waals surface area contributed by atoms with E-state index in [0.29, 0.717) is 67.9 Å². The zero-order chi connectivity index (χ0) is 54.3. The molecule has 0 fully saturated rings. The fourth-order valence-electron chi connectivity index (χ4n) is 10.4. The molecule has 0 atom stereocenters. The first-order valence-corrected chi connectivity index (χ1v) is 25.5. The van der Waals surface area contributed by atoms with Crippen LogP contribution in [0.2, 0.25) is 0 Å². The van der Waals surface area contributed by atoms with Crippen LogP contribution in [0.4, 0.5) is 0 Å². The van der Waals surface area contributed by atoms with Crippen molar-refractivity contribution in [2.24, 2.45) is 0 Å². The van der Waals surface area contributed by atoms with E-state index in [1.807, 2.05) is 91.0 Å². The Labute approximate surface area is 451 Å². The van der Waals surface area contributed by atoms with Crippen LogP contribution in [0.1, 0.15) is 50.1 Å². The SMILES string of the molecule is COc1c2cc(OCc3ccccc3)cc1CC1=CC(=O)C=C(Cc3cc(OCc4ccccc4)cc(c3OC)CC3=CC(=O)C=C(Cc4cc(OCc5ccccc5)cc(c4OC)CC4=CC(=O)C=C(C2)C4=O)C3=O)C1=O. The van der Waals surface area contributed by atoms with Gasteiger partial charge in [-0.05, 0) is 89.5 Å². The van der Waals surface area contributed by atoms with E-state index in [-0.39, 0.29) is 91.8 Å². The number of ether oxygens (including phenoxy) is 6. The number of hydrogen-bond acceptors (Lipinski definition) is 12. The Hall–Kier alpha value is -9.42. The first-order chi connectivity index (χ1) is 37.9. The number of Topliss-reactive ketones (excluding diaryl/α,β-unsaturated/α-hetero) is 3. The Morgan fingerprint density at radius 3 is 0.705 bits per heavy atom. The van der Waals surface area contributed by atoms with E-state index in [0.717, 1.165) is 16.7 Å². The Kier molecular flexibility index (Phi) is 15.5. The standard InChI is InChI=1S/C66H54O12/c1-73-64-49-19-43-25-55(67)27-45(61(43)70)21-51-33-59(77-38-41-15-9-5-10-16-41)35-53(65(51)74-2)23-47-29-57(69)30-48(63(47)72)24-54-36-60(78-39-42-17-11-6-12-18-42)34-52(66(54)75-3)22-46-28-56(68)26-44(62(46)71)20-50(64)32-58(31-49)76-37-40-13-7-4-8-14-40/h4-18,25-36H,19-24,37-39H2,1-3H3. The van der Waals surface area contributed by atoms with Crippen molar-refractivity contribution < 1.29 is 57.2 Å². The number of hydrogen-bond donors (Lipinski definition) is 0. The minimum absolute atomic E-state index is 0.0642. The molecule has 0 aromatic heterocycles. The van der Waals surface area contributed by atoms with E-state index in [2.05, 4.69) is 0 Å². The molecule has 0 saturated carbocycles. The van der Waals surface area contributed by atoms with Crippen molar-refractivity contribution in [2.45, 2.75) is 58.3 Å². The van der Waals surface area contributed by atoms with Gasteiger partial charge in [0.05, 0.1) is 21.3 Å². The van der Waals surface area contributed by atoms with Gasteiger partial charge in [-0.25, -0.2) is 0 Å². The highest BCUT2D eigenvalue weighted by Gasteiger charge is 2.31. The molecule has 12 nitrogen and oxygen atoms in total. The predicted molar refractivity (Wildman–Crippen MR) is 292 cm³/mol. The molecule has 0 aliphatic heterocycles. The van der Waals surface area contributed by atoms with Crippen molar-refractivity contribution in [2.75, 3.05) is 21.3 Å². The molecule has 0 saturated heterocycles. The monoisotopic (exact) mass is 1040 g/mol. The second-order valence-electron chi connectivity index (χ2n) is 19.4. The maximum atomic E-state index is 14.8. The number of benzene rings is 6. The fraction of sp³-hybridized carbons (Fsp3) is 0.182. The molecule has 6 aromatic carbocycles. The Morgan fingerprint density at radius 1 is 0.308 bits per heavy atom. The molecule has 390 valence electrons. The first kappa shape index (κ1) is 52.0. The van der Waals surface area contributed by atoms with Crippen molar-refractivity contribution in [3.05, 3.63) is 247 Å². The molecule has 12 bridgehead atoms. The summed E-state index contributed by atoms with van der Waals surface area (Å²) in [5, 5.41) is 0. The van der Waals surface area contributed by atoms with E-state index < -0.39 is 34.7 Å². The molecule has 0 unspecified atom stereocenters. The van der Waals surface area contributed by atoms with E-state index >= 15 is 0 Å². The maximum Gasteiger partial charge on any atom is 0.185 e. The summed E-state index contributed by atoms with van der Waals surface area (Å²) < 4.78 is 37.5. The van der Waals surface area contributed by atoms with Gasteiger partial charge in [0.1, 0.15) is 54.3 Å². The number of ketones is 6. The van der Waals surface area contributed by atoms with Gasteiger partial charge >= 0.3 is 0 Å². The molecule has 0 amide bonds. The Bertz CT molecular complexity index is 3090. The molecular formula is C66H54O12. The summed E-state index contributed by atoms with van der Waals surface area (Å²) in [4.78, 5) is 85.6. The van der Waals surface area contributed by atoms with Gasteiger partial charge in [0.2, 0.25) is 0 Å². The van der Waals surface area contributed by atoms with Crippen LogP contribution in [0.15, 0.2) is 197 Å². The first-order valence-electron chi connectivity index (χ1n) is 25.5. The highest BCUT2D eigenvalue weighted by Crippen LogP contribution is 2.40. The average molecular weight is 1040 g/mol. The summed E-state index contributed by atoms with van der Waals surface area (Å²) in [6.07, 6.45) is 7.46. The highest BCUT2D eigenvalue weighted by atomic mass is 16.5.